The van der Waals surface area contributed by atoms with Gasteiger partial charge < -0.3 is 20.3 Å². The summed E-state index contributed by atoms with van der Waals surface area (Å²) < 4.78 is 5.50. The topological polar surface area (TPSA) is 103 Å². The molecule has 176 valence electrons. The number of nitrogens with one attached hydrogen (secondary N) is 2. The van der Waals surface area contributed by atoms with Crippen LogP contribution in [0.25, 0.3) is 10.9 Å². The smallest absolute Gasteiger partial charge is 0.410 e. The highest BCUT2D eigenvalue weighted by atomic mass is 16.6. The van der Waals surface area contributed by atoms with Crippen molar-refractivity contribution in [2.45, 2.75) is 51.8 Å². The zero-order chi connectivity index (χ0) is 24.3. The average molecular weight is 459 g/mol. The predicted octanol–water partition coefficient (Wildman–Crippen LogP) is 5.10. The fourth-order valence-electron chi connectivity index (χ4n) is 4.06. The quantitative estimate of drug-likeness (QED) is 0.548. The number of carbonyl (C=O) groups excluding carboxylic acids is 1. The minimum Gasteiger partial charge on any atom is -0.444 e. The second-order valence-corrected chi connectivity index (χ2v) is 9.65. The molecule has 8 nitrogen and oxygen atoms in total. The van der Waals surface area contributed by atoms with E-state index in [1.807, 2.05) is 51.1 Å². The SMILES string of the molecule is C[C@@H](Nc1cnnc2ccc(N[C@@H]3CCN(C(=O)OC(C)(C)C)C3)cc12)c1cccc(C#N)c1. The first-order valence-electron chi connectivity index (χ1n) is 11.5. The summed E-state index contributed by atoms with van der Waals surface area (Å²) in [5, 5.41) is 25.6. The van der Waals surface area contributed by atoms with E-state index in [0.29, 0.717) is 18.7 Å². The lowest BCUT2D eigenvalue weighted by atomic mass is 10.0. The Balaban J connectivity index is 1.48. The van der Waals surface area contributed by atoms with Gasteiger partial charge in [0.2, 0.25) is 0 Å². The van der Waals surface area contributed by atoms with Crippen LogP contribution in [0.2, 0.25) is 0 Å². The maximum atomic E-state index is 12.4. The van der Waals surface area contributed by atoms with Crippen LogP contribution >= 0.6 is 0 Å². The molecule has 1 aliphatic rings. The van der Waals surface area contributed by atoms with E-state index < -0.39 is 5.60 Å². The van der Waals surface area contributed by atoms with Crippen LogP contribution in [-0.4, -0.2) is 45.9 Å². The molecule has 0 aliphatic carbocycles. The Morgan fingerprint density at radius 3 is 2.85 bits per heavy atom. The third kappa shape index (κ3) is 5.54. The van der Waals surface area contributed by atoms with Crippen molar-refractivity contribution in [1.82, 2.24) is 15.1 Å². The van der Waals surface area contributed by atoms with Crippen LogP contribution in [0.15, 0.2) is 48.7 Å². The molecule has 1 aromatic heterocycles. The van der Waals surface area contributed by atoms with E-state index in [9.17, 15) is 10.1 Å². The number of amides is 1. The minimum atomic E-state index is -0.502. The molecule has 0 unspecified atom stereocenters. The Bertz CT molecular complexity index is 1230. The number of fused-ring (bicyclic) bond motifs is 1. The van der Waals surface area contributed by atoms with Crippen molar-refractivity contribution in [1.29, 1.82) is 5.26 Å². The number of nitrogens with zero attached hydrogens (tertiary/aromatic N) is 4. The van der Waals surface area contributed by atoms with E-state index in [2.05, 4.69) is 39.9 Å². The zero-order valence-corrected chi connectivity index (χ0v) is 20.0. The van der Waals surface area contributed by atoms with Crippen LogP contribution in [-0.2, 0) is 4.74 Å². The largest absolute Gasteiger partial charge is 0.444 e. The van der Waals surface area contributed by atoms with Crippen LogP contribution in [0.5, 0.6) is 0 Å². The number of carbonyl (C=O) groups is 1. The van der Waals surface area contributed by atoms with Gasteiger partial charge in [-0.15, -0.1) is 0 Å². The maximum Gasteiger partial charge on any atom is 0.410 e. The van der Waals surface area contributed by atoms with Crippen molar-refractivity contribution in [3.05, 3.63) is 59.8 Å². The lowest BCUT2D eigenvalue weighted by molar-refractivity contribution is 0.0293. The van der Waals surface area contributed by atoms with Gasteiger partial charge in [0.15, 0.2) is 0 Å². The molecule has 0 saturated carbocycles. The lowest BCUT2D eigenvalue weighted by Gasteiger charge is -2.24. The number of hydrogen-bond donors (Lipinski definition) is 2. The van der Waals surface area contributed by atoms with E-state index >= 15 is 0 Å². The van der Waals surface area contributed by atoms with Crippen molar-refractivity contribution in [3.63, 3.8) is 0 Å². The van der Waals surface area contributed by atoms with Gasteiger partial charge in [-0.1, -0.05) is 12.1 Å². The summed E-state index contributed by atoms with van der Waals surface area (Å²) >= 11 is 0. The van der Waals surface area contributed by atoms with Gasteiger partial charge in [-0.05, 0) is 70.0 Å². The Morgan fingerprint density at radius 1 is 1.26 bits per heavy atom. The minimum absolute atomic E-state index is 0.0189. The van der Waals surface area contributed by atoms with Gasteiger partial charge in [-0.25, -0.2) is 4.79 Å². The summed E-state index contributed by atoms with van der Waals surface area (Å²) in [4.78, 5) is 14.1. The molecule has 3 aromatic rings. The van der Waals surface area contributed by atoms with Gasteiger partial charge in [0.1, 0.15) is 5.60 Å². The summed E-state index contributed by atoms with van der Waals surface area (Å²) in [6.45, 7) is 8.94. The molecule has 1 fully saturated rings. The molecule has 2 atom stereocenters. The first-order chi connectivity index (χ1) is 16.2. The lowest BCUT2D eigenvalue weighted by Crippen LogP contribution is -2.36. The van der Waals surface area contributed by atoms with Gasteiger partial charge in [-0.3, -0.25) is 0 Å². The summed E-state index contributed by atoms with van der Waals surface area (Å²) in [7, 11) is 0. The highest BCUT2D eigenvalue weighted by Gasteiger charge is 2.29. The number of nitriles is 1. The Labute approximate surface area is 199 Å². The number of hydrogen-bond acceptors (Lipinski definition) is 7. The van der Waals surface area contributed by atoms with Crippen LogP contribution in [0.4, 0.5) is 16.2 Å². The normalized spacial score (nSPS) is 16.7. The molecule has 1 aliphatic heterocycles. The maximum absolute atomic E-state index is 12.4. The third-order valence-electron chi connectivity index (χ3n) is 5.74. The molecule has 0 spiro atoms. The highest BCUT2D eigenvalue weighted by molar-refractivity contribution is 5.93. The fourth-order valence-corrected chi connectivity index (χ4v) is 4.06. The standard InChI is InChI=1S/C26H30N6O2/c1-17(19-7-5-6-18(12-19)14-27)29-24-15-28-31-23-9-8-20(13-22(23)24)30-21-10-11-32(16-21)25(33)34-26(2,3)4/h5-9,12-13,15,17,21,30H,10-11,16H2,1-4H3,(H,29,31)/t17-,21-/m1/s1. The Morgan fingerprint density at radius 2 is 2.09 bits per heavy atom. The van der Waals surface area contributed by atoms with Gasteiger partial charge in [0, 0.05) is 36.2 Å². The van der Waals surface area contributed by atoms with Crippen LogP contribution < -0.4 is 10.6 Å². The summed E-state index contributed by atoms with van der Waals surface area (Å²) in [6, 6.07) is 15.9. The number of rotatable bonds is 5. The van der Waals surface area contributed by atoms with Gasteiger partial charge in [0.05, 0.1) is 29.0 Å². The molecule has 2 heterocycles. The fraction of sp³-hybridized carbons (Fsp3) is 0.385. The van der Waals surface area contributed by atoms with E-state index in [4.69, 9.17) is 4.74 Å². The second kappa shape index (κ2) is 9.56. The van der Waals surface area contributed by atoms with Gasteiger partial charge in [-0.2, -0.15) is 15.5 Å². The van der Waals surface area contributed by atoms with E-state index in [0.717, 1.165) is 34.3 Å². The molecule has 34 heavy (non-hydrogen) atoms. The Kier molecular flexibility index (Phi) is 6.55. The van der Waals surface area contributed by atoms with Crippen molar-refractivity contribution in [3.8, 4) is 6.07 Å². The number of likely N-dealkylation sites (tertiary alicyclic amines) is 1. The second-order valence-electron chi connectivity index (χ2n) is 9.65. The first-order valence-corrected chi connectivity index (χ1v) is 11.5. The monoisotopic (exact) mass is 458 g/mol. The van der Waals surface area contributed by atoms with Crippen molar-refractivity contribution in [2.24, 2.45) is 0 Å². The average Bonchev–Trinajstić information content (AvgIpc) is 3.27. The number of anilines is 2. The predicted molar refractivity (Wildman–Crippen MR) is 133 cm³/mol. The molecular formula is C26H30N6O2. The molecular weight excluding hydrogens is 428 g/mol. The number of benzene rings is 2. The highest BCUT2D eigenvalue weighted by Crippen LogP contribution is 2.29. The molecule has 2 N–H and O–H groups in total. The van der Waals surface area contributed by atoms with Crippen LogP contribution in [0, 0.1) is 11.3 Å². The summed E-state index contributed by atoms with van der Waals surface area (Å²) in [5.74, 6) is 0. The molecule has 4 rings (SSSR count). The molecule has 0 radical (unpaired) electrons. The number of aromatic nitrogens is 2. The molecule has 8 heteroatoms. The molecule has 2 aromatic carbocycles. The zero-order valence-electron chi connectivity index (χ0n) is 20.0. The summed E-state index contributed by atoms with van der Waals surface area (Å²) in [5.41, 5.74) is 3.76. The van der Waals surface area contributed by atoms with Gasteiger partial charge >= 0.3 is 6.09 Å². The van der Waals surface area contributed by atoms with E-state index in [-0.39, 0.29) is 18.2 Å². The van der Waals surface area contributed by atoms with Crippen molar-refractivity contribution in [2.75, 3.05) is 23.7 Å². The number of ether oxygens (including phenoxy) is 1. The Hall–Kier alpha value is -3.86. The van der Waals surface area contributed by atoms with Crippen LogP contribution in [0.1, 0.15) is 51.3 Å². The van der Waals surface area contributed by atoms with Crippen molar-refractivity contribution >= 4 is 28.4 Å². The van der Waals surface area contributed by atoms with E-state index in [1.54, 1.807) is 17.2 Å². The molecule has 0 bridgehead atoms. The molecule has 1 amide bonds. The first kappa shape index (κ1) is 23.3. The van der Waals surface area contributed by atoms with Crippen LogP contribution in [0.3, 0.4) is 0 Å². The van der Waals surface area contributed by atoms with E-state index in [1.165, 1.54) is 0 Å². The third-order valence-corrected chi connectivity index (χ3v) is 5.74. The van der Waals surface area contributed by atoms with Gasteiger partial charge in [0.25, 0.3) is 0 Å². The summed E-state index contributed by atoms with van der Waals surface area (Å²) in [6.07, 6.45) is 2.30. The van der Waals surface area contributed by atoms with Crippen molar-refractivity contribution < 1.29 is 9.53 Å². The molecule has 1 saturated heterocycles.